The molecule has 21 heavy (non-hydrogen) atoms. The number of thiophene rings is 1. The van der Waals surface area contributed by atoms with Gasteiger partial charge < -0.3 is 9.47 Å². The van der Waals surface area contributed by atoms with Crippen LogP contribution in [0.5, 0.6) is 11.5 Å². The van der Waals surface area contributed by atoms with E-state index < -0.39 is 0 Å². The minimum atomic E-state index is 0.0148. The Labute approximate surface area is 126 Å². The quantitative estimate of drug-likeness (QED) is 0.679. The molecule has 0 atom stereocenters. The van der Waals surface area contributed by atoms with Crippen molar-refractivity contribution in [2.75, 3.05) is 14.2 Å². The molecule has 0 aliphatic carbocycles. The normalized spacial score (nSPS) is 10.6. The van der Waals surface area contributed by atoms with E-state index in [-0.39, 0.29) is 5.78 Å². The SMILES string of the molecule is COc1csc(C(=O)c2ccc3cc(OC)ccc3c2)c1. The second-order valence-electron chi connectivity index (χ2n) is 4.61. The van der Waals surface area contributed by atoms with Gasteiger partial charge in [0.1, 0.15) is 11.5 Å². The van der Waals surface area contributed by atoms with Crippen LogP contribution in [0.2, 0.25) is 0 Å². The lowest BCUT2D eigenvalue weighted by atomic mass is 10.0. The summed E-state index contributed by atoms with van der Waals surface area (Å²) in [5, 5.41) is 3.90. The Bertz CT molecular complexity index is 805. The number of ether oxygens (including phenoxy) is 2. The first kappa shape index (κ1) is 13.6. The second-order valence-corrected chi connectivity index (χ2v) is 5.52. The number of hydrogen-bond acceptors (Lipinski definition) is 4. The first-order valence-corrected chi connectivity index (χ1v) is 7.34. The molecule has 0 N–H and O–H groups in total. The van der Waals surface area contributed by atoms with Gasteiger partial charge in [-0.25, -0.2) is 0 Å². The molecule has 1 aromatic heterocycles. The summed E-state index contributed by atoms with van der Waals surface area (Å²) in [6.07, 6.45) is 0. The highest BCUT2D eigenvalue weighted by Gasteiger charge is 2.12. The van der Waals surface area contributed by atoms with E-state index in [0.717, 1.165) is 16.5 Å². The fourth-order valence-electron chi connectivity index (χ4n) is 2.18. The summed E-state index contributed by atoms with van der Waals surface area (Å²) in [6, 6.07) is 13.3. The molecule has 0 aliphatic rings. The number of benzene rings is 2. The standard InChI is InChI=1S/C17H14O3S/c1-19-14-6-5-11-7-13(4-3-12(11)8-14)17(18)16-9-15(20-2)10-21-16/h3-10H,1-2H3. The van der Waals surface area contributed by atoms with E-state index in [1.165, 1.54) is 11.3 Å². The van der Waals surface area contributed by atoms with E-state index in [0.29, 0.717) is 16.2 Å². The van der Waals surface area contributed by atoms with Gasteiger partial charge >= 0.3 is 0 Å². The summed E-state index contributed by atoms with van der Waals surface area (Å²) < 4.78 is 10.3. The van der Waals surface area contributed by atoms with Crippen LogP contribution in [-0.2, 0) is 0 Å². The monoisotopic (exact) mass is 298 g/mol. The summed E-state index contributed by atoms with van der Waals surface area (Å²) in [5.41, 5.74) is 0.678. The Morgan fingerprint density at radius 1 is 0.905 bits per heavy atom. The molecule has 2 aromatic carbocycles. The highest BCUT2D eigenvalue weighted by atomic mass is 32.1. The van der Waals surface area contributed by atoms with E-state index in [1.807, 2.05) is 41.8 Å². The van der Waals surface area contributed by atoms with Crippen LogP contribution in [0, 0.1) is 0 Å². The van der Waals surface area contributed by atoms with Gasteiger partial charge in [-0.05, 0) is 29.0 Å². The molecule has 0 radical (unpaired) electrons. The molecule has 0 saturated heterocycles. The van der Waals surface area contributed by atoms with Gasteiger partial charge in [-0.3, -0.25) is 4.79 Å². The van der Waals surface area contributed by atoms with Gasteiger partial charge in [0.2, 0.25) is 5.78 Å². The molecule has 0 spiro atoms. The fourth-order valence-corrected chi connectivity index (χ4v) is 3.00. The molecular weight excluding hydrogens is 284 g/mol. The minimum Gasteiger partial charge on any atom is -0.497 e. The number of hydrogen-bond donors (Lipinski definition) is 0. The lowest BCUT2D eigenvalue weighted by molar-refractivity contribution is 0.104. The second kappa shape index (κ2) is 5.58. The van der Waals surface area contributed by atoms with E-state index in [9.17, 15) is 4.79 Å². The van der Waals surface area contributed by atoms with E-state index >= 15 is 0 Å². The molecule has 106 valence electrons. The van der Waals surface area contributed by atoms with Gasteiger partial charge in [0, 0.05) is 17.0 Å². The van der Waals surface area contributed by atoms with Crippen molar-refractivity contribution in [2.24, 2.45) is 0 Å². The lowest BCUT2D eigenvalue weighted by Crippen LogP contribution is -1.98. The maximum Gasteiger partial charge on any atom is 0.203 e. The van der Waals surface area contributed by atoms with Crippen LogP contribution >= 0.6 is 11.3 Å². The highest BCUT2D eigenvalue weighted by Crippen LogP contribution is 2.26. The molecule has 0 saturated carbocycles. The maximum atomic E-state index is 12.5. The molecule has 1 heterocycles. The van der Waals surface area contributed by atoms with Crippen molar-refractivity contribution >= 4 is 27.9 Å². The molecule has 0 unspecified atom stereocenters. The van der Waals surface area contributed by atoms with E-state index in [2.05, 4.69) is 0 Å². The third kappa shape index (κ3) is 2.62. The molecule has 0 aliphatic heterocycles. The lowest BCUT2D eigenvalue weighted by Gasteiger charge is -2.04. The average Bonchev–Trinajstić information content (AvgIpc) is 3.02. The molecule has 3 aromatic rings. The molecule has 3 nitrogen and oxygen atoms in total. The summed E-state index contributed by atoms with van der Waals surface area (Å²) in [7, 11) is 3.24. The summed E-state index contributed by atoms with van der Waals surface area (Å²) in [5.74, 6) is 1.54. The molecule has 4 heteroatoms. The molecule has 3 rings (SSSR count). The van der Waals surface area contributed by atoms with Crippen LogP contribution in [-0.4, -0.2) is 20.0 Å². The van der Waals surface area contributed by atoms with Gasteiger partial charge in [-0.2, -0.15) is 0 Å². The third-order valence-electron chi connectivity index (χ3n) is 3.34. The smallest absolute Gasteiger partial charge is 0.203 e. The van der Waals surface area contributed by atoms with Gasteiger partial charge in [-0.1, -0.05) is 18.2 Å². The number of rotatable bonds is 4. The largest absolute Gasteiger partial charge is 0.497 e. The molecule has 0 amide bonds. The zero-order chi connectivity index (χ0) is 14.8. The zero-order valence-electron chi connectivity index (χ0n) is 11.8. The summed E-state index contributed by atoms with van der Waals surface area (Å²) >= 11 is 1.39. The van der Waals surface area contributed by atoms with Crippen LogP contribution in [0.15, 0.2) is 47.8 Å². The molecular formula is C17H14O3S. The van der Waals surface area contributed by atoms with E-state index in [1.54, 1.807) is 20.3 Å². The number of carbonyl (C=O) groups is 1. The Balaban J connectivity index is 1.98. The molecule has 0 bridgehead atoms. The fraction of sp³-hybridized carbons (Fsp3) is 0.118. The number of methoxy groups -OCH3 is 2. The Morgan fingerprint density at radius 3 is 2.33 bits per heavy atom. The van der Waals surface area contributed by atoms with Crippen molar-refractivity contribution in [1.29, 1.82) is 0 Å². The van der Waals surface area contributed by atoms with Gasteiger partial charge in [-0.15, -0.1) is 11.3 Å². The van der Waals surface area contributed by atoms with Gasteiger partial charge in [0.15, 0.2) is 0 Å². The van der Waals surface area contributed by atoms with Crippen LogP contribution < -0.4 is 9.47 Å². The van der Waals surface area contributed by atoms with Crippen LogP contribution in [0.3, 0.4) is 0 Å². The Hall–Kier alpha value is -2.33. The van der Waals surface area contributed by atoms with Crippen molar-refractivity contribution in [1.82, 2.24) is 0 Å². The first-order valence-electron chi connectivity index (χ1n) is 6.46. The van der Waals surface area contributed by atoms with Crippen molar-refractivity contribution < 1.29 is 14.3 Å². The Kier molecular flexibility index (Phi) is 3.62. The molecule has 0 fully saturated rings. The summed E-state index contributed by atoms with van der Waals surface area (Å²) in [4.78, 5) is 13.2. The van der Waals surface area contributed by atoms with E-state index in [4.69, 9.17) is 9.47 Å². The van der Waals surface area contributed by atoms with Gasteiger partial charge in [0.25, 0.3) is 0 Å². The number of ketones is 1. The average molecular weight is 298 g/mol. The number of fused-ring (bicyclic) bond motifs is 1. The highest BCUT2D eigenvalue weighted by molar-refractivity contribution is 7.12. The van der Waals surface area contributed by atoms with Crippen LogP contribution in [0.25, 0.3) is 10.8 Å². The van der Waals surface area contributed by atoms with Crippen molar-refractivity contribution in [3.05, 3.63) is 58.3 Å². The summed E-state index contributed by atoms with van der Waals surface area (Å²) in [6.45, 7) is 0. The van der Waals surface area contributed by atoms with Gasteiger partial charge in [0.05, 0.1) is 19.1 Å². The zero-order valence-corrected chi connectivity index (χ0v) is 12.6. The van der Waals surface area contributed by atoms with Crippen molar-refractivity contribution in [3.8, 4) is 11.5 Å². The Morgan fingerprint density at radius 2 is 1.62 bits per heavy atom. The predicted molar refractivity (Wildman–Crippen MR) is 84.8 cm³/mol. The van der Waals surface area contributed by atoms with Crippen LogP contribution in [0.4, 0.5) is 0 Å². The predicted octanol–water partition coefficient (Wildman–Crippen LogP) is 4.15. The number of carbonyl (C=O) groups excluding carboxylic acids is 1. The topological polar surface area (TPSA) is 35.5 Å². The third-order valence-corrected chi connectivity index (χ3v) is 4.25. The van der Waals surface area contributed by atoms with Crippen molar-refractivity contribution in [2.45, 2.75) is 0 Å². The maximum absolute atomic E-state index is 12.5. The first-order chi connectivity index (χ1) is 10.2. The van der Waals surface area contributed by atoms with Crippen LogP contribution in [0.1, 0.15) is 15.2 Å². The minimum absolute atomic E-state index is 0.0148. The van der Waals surface area contributed by atoms with Crippen molar-refractivity contribution in [3.63, 3.8) is 0 Å².